The first-order chi connectivity index (χ1) is 10.6. The Labute approximate surface area is 134 Å². The highest BCUT2D eigenvalue weighted by Gasteiger charge is 1.95. The van der Waals surface area contributed by atoms with Gasteiger partial charge >= 0.3 is 5.97 Å². The minimum absolute atomic E-state index is 0.337. The molecule has 0 heterocycles. The lowest BCUT2D eigenvalue weighted by molar-refractivity contribution is -0.137. The molecule has 1 aromatic rings. The van der Waals surface area contributed by atoms with Gasteiger partial charge in [-0.3, -0.25) is 9.59 Å². The zero-order valence-corrected chi connectivity index (χ0v) is 14.0. The van der Waals surface area contributed by atoms with Gasteiger partial charge in [0.2, 0.25) is 0 Å². The number of unbranched alkanes of at least 4 members (excludes halogenated alkanes) is 5. The van der Waals surface area contributed by atoms with Crippen molar-refractivity contribution in [1.29, 1.82) is 0 Å². The van der Waals surface area contributed by atoms with E-state index in [1.54, 1.807) is 0 Å². The Morgan fingerprint density at radius 3 is 2.05 bits per heavy atom. The molecule has 0 aliphatic carbocycles. The van der Waals surface area contributed by atoms with Gasteiger partial charge in [0.25, 0.3) is 0 Å². The number of aliphatic carboxylic acids is 1. The fourth-order valence-electron chi connectivity index (χ4n) is 2.02. The van der Waals surface area contributed by atoms with Gasteiger partial charge in [-0.2, -0.15) is 0 Å². The van der Waals surface area contributed by atoms with Crippen LogP contribution in [0.5, 0.6) is 0 Å². The Morgan fingerprint density at radius 2 is 1.55 bits per heavy atom. The van der Waals surface area contributed by atoms with E-state index in [4.69, 9.17) is 5.11 Å². The van der Waals surface area contributed by atoms with E-state index in [0.29, 0.717) is 6.42 Å². The summed E-state index contributed by atoms with van der Waals surface area (Å²) in [7, 11) is 0. The third kappa shape index (κ3) is 12.1. The molecule has 0 unspecified atom stereocenters. The number of aldehydes is 1. The summed E-state index contributed by atoms with van der Waals surface area (Å²) in [6, 6.07) is 7.80. The summed E-state index contributed by atoms with van der Waals surface area (Å²) < 4.78 is 0. The lowest BCUT2D eigenvalue weighted by atomic mass is 10.1. The number of carbonyl (C=O) groups excluding carboxylic acids is 1. The van der Waals surface area contributed by atoms with Crippen LogP contribution < -0.4 is 0 Å². The molecular weight excluding hydrogens is 276 g/mol. The second kappa shape index (κ2) is 14.3. The van der Waals surface area contributed by atoms with Crippen molar-refractivity contribution in [3.05, 3.63) is 35.4 Å². The van der Waals surface area contributed by atoms with Crippen molar-refractivity contribution in [1.82, 2.24) is 0 Å². The molecule has 22 heavy (non-hydrogen) atoms. The lowest BCUT2D eigenvalue weighted by Crippen LogP contribution is -1.93. The summed E-state index contributed by atoms with van der Waals surface area (Å²) in [5.41, 5.74) is 2.08. The smallest absolute Gasteiger partial charge is 0.303 e. The van der Waals surface area contributed by atoms with Crippen LogP contribution in [0.15, 0.2) is 24.3 Å². The van der Waals surface area contributed by atoms with Gasteiger partial charge in [-0.05, 0) is 24.8 Å². The molecule has 0 bridgehead atoms. The van der Waals surface area contributed by atoms with Gasteiger partial charge in [0.1, 0.15) is 6.29 Å². The largest absolute Gasteiger partial charge is 0.481 e. The molecule has 1 N–H and O–H groups in total. The standard InChI is InChI=1S/C11H14O.C8H16O2/c1-2-3-4-10-5-7-11(9-12)8-6-10;1-2-3-4-5-6-7-8(9)10/h5-9H,2-4H2,1H3;2-7H2,1H3,(H,9,10). The summed E-state index contributed by atoms with van der Waals surface area (Å²) >= 11 is 0. The van der Waals surface area contributed by atoms with E-state index < -0.39 is 5.97 Å². The highest BCUT2D eigenvalue weighted by atomic mass is 16.4. The molecule has 3 nitrogen and oxygen atoms in total. The predicted octanol–water partition coefficient (Wildman–Crippen LogP) is 5.27. The Hall–Kier alpha value is -1.64. The van der Waals surface area contributed by atoms with E-state index in [9.17, 15) is 9.59 Å². The second-order valence-corrected chi connectivity index (χ2v) is 5.52. The summed E-state index contributed by atoms with van der Waals surface area (Å²) in [5, 5.41) is 8.27. The van der Waals surface area contributed by atoms with E-state index in [1.165, 1.54) is 37.7 Å². The Balaban J connectivity index is 0.000000409. The molecule has 0 aliphatic rings. The maximum atomic E-state index is 10.3. The molecular formula is C19H30O3. The van der Waals surface area contributed by atoms with Gasteiger partial charge in [-0.1, -0.05) is 70.2 Å². The molecule has 0 radical (unpaired) electrons. The van der Waals surface area contributed by atoms with E-state index in [2.05, 4.69) is 13.8 Å². The molecule has 3 heteroatoms. The molecule has 0 aliphatic heterocycles. The summed E-state index contributed by atoms with van der Waals surface area (Å²) in [5.74, 6) is -0.670. The number of benzene rings is 1. The van der Waals surface area contributed by atoms with E-state index >= 15 is 0 Å². The van der Waals surface area contributed by atoms with Gasteiger partial charge in [-0.25, -0.2) is 0 Å². The molecule has 0 saturated heterocycles. The SMILES string of the molecule is CCCCCCCC(=O)O.CCCCc1ccc(C=O)cc1. The number of carboxylic acids is 1. The van der Waals surface area contributed by atoms with Crippen molar-refractivity contribution in [3.63, 3.8) is 0 Å². The van der Waals surface area contributed by atoms with E-state index in [1.807, 2.05) is 24.3 Å². The molecule has 0 aromatic heterocycles. The quantitative estimate of drug-likeness (QED) is 0.473. The monoisotopic (exact) mass is 306 g/mol. The van der Waals surface area contributed by atoms with Crippen LogP contribution in [0.25, 0.3) is 0 Å². The van der Waals surface area contributed by atoms with Gasteiger partial charge < -0.3 is 5.11 Å². The number of carboxylic acid groups (broad SMARTS) is 1. The second-order valence-electron chi connectivity index (χ2n) is 5.52. The maximum absolute atomic E-state index is 10.3. The number of carbonyl (C=O) groups is 2. The molecule has 124 valence electrons. The zero-order chi connectivity index (χ0) is 16.6. The Morgan fingerprint density at radius 1 is 0.955 bits per heavy atom. The Kier molecular flexibility index (Phi) is 13.2. The molecule has 0 fully saturated rings. The molecule has 0 atom stereocenters. The number of aryl methyl sites for hydroxylation is 1. The fraction of sp³-hybridized carbons (Fsp3) is 0.579. The third-order valence-electron chi connectivity index (χ3n) is 3.43. The average Bonchev–Trinajstić information content (AvgIpc) is 2.53. The van der Waals surface area contributed by atoms with Crippen LogP contribution in [0.3, 0.4) is 0 Å². The average molecular weight is 306 g/mol. The molecule has 1 rings (SSSR count). The number of hydrogen-bond acceptors (Lipinski definition) is 2. The van der Waals surface area contributed by atoms with E-state index in [0.717, 1.165) is 31.1 Å². The topological polar surface area (TPSA) is 54.4 Å². The molecule has 0 saturated carbocycles. The third-order valence-corrected chi connectivity index (χ3v) is 3.43. The molecule has 0 amide bonds. The fourth-order valence-corrected chi connectivity index (χ4v) is 2.02. The summed E-state index contributed by atoms with van der Waals surface area (Å²) in [6.45, 7) is 4.33. The first-order valence-corrected chi connectivity index (χ1v) is 8.39. The van der Waals surface area contributed by atoms with Gasteiger partial charge in [0, 0.05) is 12.0 Å². The highest BCUT2D eigenvalue weighted by molar-refractivity contribution is 5.74. The van der Waals surface area contributed by atoms with Crippen molar-refractivity contribution in [2.75, 3.05) is 0 Å². The summed E-state index contributed by atoms with van der Waals surface area (Å²) in [4.78, 5) is 20.4. The van der Waals surface area contributed by atoms with Gasteiger partial charge in [-0.15, -0.1) is 0 Å². The lowest BCUT2D eigenvalue weighted by Gasteiger charge is -1.98. The van der Waals surface area contributed by atoms with Crippen molar-refractivity contribution < 1.29 is 14.7 Å². The first kappa shape index (κ1) is 20.4. The van der Waals surface area contributed by atoms with Gasteiger partial charge in [0.15, 0.2) is 0 Å². The van der Waals surface area contributed by atoms with E-state index in [-0.39, 0.29) is 0 Å². The normalized spacial score (nSPS) is 9.73. The first-order valence-electron chi connectivity index (χ1n) is 8.39. The molecule has 0 spiro atoms. The highest BCUT2D eigenvalue weighted by Crippen LogP contribution is 2.06. The van der Waals surface area contributed by atoms with Crippen LogP contribution in [-0.4, -0.2) is 17.4 Å². The van der Waals surface area contributed by atoms with Crippen LogP contribution in [0, 0.1) is 0 Å². The van der Waals surface area contributed by atoms with Gasteiger partial charge in [0.05, 0.1) is 0 Å². The van der Waals surface area contributed by atoms with Crippen molar-refractivity contribution in [2.45, 2.75) is 71.6 Å². The van der Waals surface area contributed by atoms with Crippen LogP contribution in [0.4, 0.5) is 0 Å². The van der Waals surface area contributed by atoms with Crippen molar-refractivity contribution in [3.8, 4) is 0 Å². The Bertz CT molecular complexity index is 396. The zero-order valence-electron chi connectivity index (χ0n) is 14.0. The van der Waals surface area contributed by atoms with Crippen LogP contribution >= 0.6 is 0 Å². The van der Waals surface area contributed by atoms with Crippen molar-refractivity contribution in [2.24, 2.45) is 0 Å². The number of hydrogen-bond donors (Lipinski definition) is 1. The summed E-state index contributed by atoms with van der Waals surface area (Å²) in [6.07, 6.45) is 10.3. The van der Waals surface area contributed by atoms with Crippen LogP contribution in [0.2, 0.25) is 0 Å². The van der Waals surface area contributed by atoms with Crippen LogP contribution in [-0.2, 0) is 11.2 Å². The predicted molar refractivity (Wildman–Crippen MR) is 91.5 cm³/mol. The number of rotatable bonds is 10. The maximum Gasteiger partial charge on any atom is 0.303 e. The van der Waals surface area contributed by atoms with Crippen LogP contribution in [0.1, 0.15) is 81.1 Å². The minimum atomic E-state index is -0.670. The minimum Gasteiger partial charge on any atom is -0.481 e. The van der Waals surface area contributed by atoms with Crippen molar-refractivity contribution >= 4 is 12.3 Å². The molecule has 1 aromatic carbocycles.